The fourth-order valence-corrected chi connectivity index (χ4v) is 2.46. The van der Waals surface area contributed by atoms with E-state index in [-0.39, 0.29) is 11.7 Å². The Balaban J connectivity index is 1.81. The number of rotatable bonds is 4. The summed E-state index contributed by atoms with van der Waals surface area (Å²) in [6.07, 6.45) is 5.41. The summed E-state index contributed by atoms with van der Waals surface area (Å²) in [5, 5.41) is 4.39. The third-order valence-corrected chi connectivity index (χ3v) is 3.59. The van der Waals surface area contributed by atoms with Gasteiger partial charge >= 0.3 is 0 Å². The van der Waals surface area contributed by atoms with Gasteiger partial charge in [-0.05, 0) is 31.9 Å². The van der Waals surface area contributed by atoms with E-state index in [9.17, 15) is 4.39 Å². The van der Waals surface area contributed by atoms with Crippen LogP contribution < -0.4 is 5.73 Å². The fourth-order valence-electron chi connectivity index (χ4n) is 2.46. The van der Waals surface area contributed by atoms with Gasteiger partial charge in [0.1, 0.15) is 11.4 Å². The van der Waals surface area contributed by atoms with Crippen LogP contribution in [0.1, 0.15) is 25.8 Å². The van der Waals surface area contributed by atoms with Crippen LogP contribution in [0.2, 0.25) is 0 Å². The van der Waals surface area contributed by atoms with E-state index in [0.717, 1.165) is 19.4 Å². The van der Waals surface area contributed by atoms with Gasteiger partial charge in [0.15, 0.2) is 5.82 Å². The van der Waals surface area contributed by atoms with Crippen molar-refractivity contribution in [1.82, 2.24) is 14.8 Å². The highest BCUT2D eigenvalue weighted by Gasteiger charge is 2.32. The third-order valence-electron chi connectivity index (χ3n) is 3.59. The van der Waals surface area contributed by atoms with Crippen molar-refractivity contribution in [2.75, 3.05) is 12.3 Å². The Hall–Kier alpha value is -1.95. The summed E-state index contributed by atoms with van der Waals surface area (Å²) < 4.78 is 21.1. The first-order chi connectivity index (χ1) is 9.69. The van der Waals surface area contributed by atoms with Gasteiger partial charge in [0, 0.05) is 19.0 Å². The van der Waals surface area contributed by atoms with Gasteiger partial charge in [0.25, 0.3) is 0 Å². The van der Waals surface area contributed by atoms with Gasteiger partial charge in [-0.25, -0.2) is 4.39 Å². The number of nitrogen functional groups attached to an aromatic ring is 1. The average molecular weight is 276 g/mol. The molecule has 0 spiro atoms. The predicted molar refractivity (Wildman–Crippen MR) is 73.5 cm³/mol. The second kappa shape index (κ2) is 5.20. The molecule has 2 N–H and O–H groups in total. The highest BCUT2D eigenvalue weighted by molar-refractivity contribution is 5.69. The van der Waals surface area contributed by atoms with Crippen LogP contribution in [0.3, 0.4) is 0 Å². The van der Waals surface area contributed by atoms with Gasteiger partial charge in [-0.15, -0.1) is 0 Å². The van der Waals surface area contributed by atoms with Crippen molar-refractivity contribution in [3.63, 3.8) is 0 Å². The zero-order valence-electron chi connectivity index (χ0n) is 11.3. The second-order valence-electron chi connectivity index (χ2n) is 4.95. The van der Waals surface area contributed by atoms with Gasteiger partial charge in [0.05, 0.1) is 17.8 Å². The first-order valence-electron chi connectivity index (χ1n) is 6.76. The molecular formula is C14H17FN4O. The van der Waals surface area contributed by atoms with Gasteiger partial charge in [0.2, 0.25) is 0 Å². The van der Waals surface area contributed by atoms with Crippen molar-refractivity contribution in [3.8, 4) is 11.4 Å². The number of halogens is 1. The quantitative estimate of drug-likeness (QED) is 0.931. The molecule has 106 valence electrons. The third kappa shape index (κ3) is 2.27. The first-order valence-corrected chi connectivity index (χ1v) is 6.76. The molecule has 2 heterocycles. The zero-order chi connectivity index (χ0) is 14.1. The van der Waals surface area contributed by atoms with E-state index < -0.39 is 5.82 Å². The minimum absolute atomic E-state index is 0.199. The molecule has 2 aromatic heterocycles. The van der Waals surface area contributed by atoms with Gasteiger partial charge < -0.3 is 10.5 Å². The van der Waals surface area contributed by atoms with Crippen molar-refractivity contribution >= 4 is 5.69 Å². The van der Waals surface area contributed by atoms with Crippen molar-refractivity contribution in [2.45, 2.75) is 31.9 Å². The Morgan fingerprint density at radius 2 is 2.25 bits per heavy atom. The number of anilines is 1. The van der Waals surface area contributed by atoms with E-state index in [2.05, 4.69) is 10.1 Å². The van der Waals surface area contributed by atoms with Crippen molar-refractivity contribution in [3.05, 3.63) is 30.3 Å². The fraction of sp³-hybridized carbons (Fsp3) is 0.429. The average Bonchev–Trinajstić information content (AvgIpc) is 2.75. The smallest absolute Gasteiger partial charge is 0.151 e. The summed E-state index contributed by atoms with van der Waals surface area (Å²) in [5.74, 6) is -0.412. The Bertz CT molecular complexity index is 607. The molecule has 0 amide bonds. The molecule has 6 heteroatoms. The molecule has 20 heavy (non-hydrogen) atoms. The minimum Gasteiger partial charge on any atom is -0.396 e. The lowest BCUT2D eigenvalue weighted by atomic mass is 9.89. The number of hydrogen-bond donors (Lipinski definition) is 1. The van der Waals surface area contributed by atoms with Gasteiger partial charge in [-0.2, -0.15) is 5.10 Å². The van der Waals surface area contributed by atoms with Crippen LogP contribution in [0.15, 0.2) is 24.5 Å². The number of hydrogen-bond acceptors (Lipinski definition) is 4. The molecule has 0 atom stereocenters. The van der Waals surface area contributed by atoms with E-state index in [0.29, 0.717) is 17.5 Å². The summed E-state index contributed by atoms with van der Waals surface area (Å²) in [6.45, 7) is 2.71. The van der Waals surface area contributed by atoms with Crippen LogP contribution in [-0.2, 0) is 4.74 Å². The molecule has 0 aliphatic heterocycles. The molecule has 0 bridgehead atoms. The van der Waals surface area contributed by atoms with Gasteiger partial charge in [-0.1, -0.05) is 0 Å². The Morgan fingerprint density at radius 3 is 2.95 bits per heavy atom. The Morgan fingerprint density at radius 1 is 1.45 bits per heavy atom. The maximum absolute atomic E-state index is 13.7. The zero-order valence-corrected chi connectivity index (χ0v) is 11.3. The summed E-state index contributed by atoms with van der Waals surface area (Å²) in [7, 11) is 0. The second-order valence-corrected chi connectivity index (χ2v) is 4.95. The SMILES string of the molecule is CCO[C@H]1C[C@@H](n2cc(N)c(-c3ncccc3F)n2)C1. The minimum atomic E-state index is -0.412. The molecule has 1 saturated carbocycles. The van der Waals surface area contributed by atoms with E-state index in [1.165, 1.54) is 12.3 Å². The lowest BCUT2D eigenvalue weighted by molar-refractivity contribution is -0.0226. The molecule has 1 aliphatic rings. The molecule has 0 unspecified atom stereocenters. The van der Waals surface area contributed by atoms with E-state index in [1.807, 2.05) is 6.92 Å². The van der Waals surface area contributed by atoms with Gasteiger partial charge in [-0.3, -0.25) is 9.67 Å². The molecule has 5 nitrogen and oxygen atoms in total. The van der Waals surface area contributed by atoms with E-state index in [1.54, 1.807) is 16.9 Å². The predicted octanol–water partition coefficient (Wildman–Crippen LogP) is 2.41. The highest BCUT2D eigenvalue weighted by atomic mass is 19.1. The normalized spacial score (nSPS) is 21.7. The molecule has 0 aromatic carbocycles. The Kier molecular flexibility index (Phi) is 3.40. The maximum atomic E-state index is 13.7. The monoisotopic (exact) mass is 276 g/mol. The van der Waals surface area contributed by atoms with Crippen LogP contribution in [-0.4, -0.2) is 27.5 Å². The largest absolute Gasteiger partial charge is 0.396 e. The molecule has 3 rings (SSSR count). The van der Waals surface area contributed by atoms with E-state index >= 15 is 0 Å². The number of pyridine rings is 1. The first kappa shape index (κ1) is 13.1. The van der Waals surface area contributed by atoms with Crippen molar-refractivity contribution in [2.24, 2.45) is 0 Å². The molecule has 0 radical (unpaired) electrons. The van der Waals surface area contributed by atoms with Crippen LogP contribution in [0, 0.1) is 5.82 Å². The number of nitrogens with two attached hydrogens (primary N) is 1. The Labute approximate surface area is 116 Å². The lowest BCUT2D eigenvalue weighted by Gasteiger charge is -2.34. The molecule has 1 aliphatic carbocycles. The molecule has 1 fully saturated rings. The standard InChI is InChI=1S/C14H17FN4O/c1-2-20-10-6-9(7-10)19-8-12(16)14(18-19)13-11(15)4-3-5-17-13/h3-5,8-10H,2,6-7,16H2,1H3/t9-,10+. The molecular weight excluding hydrogens is 259 g/mol. The van der Waals surface area contributed by atoms with Crippen molar-refractivity contribution in [1.29, 1.82) is 0 Å². The van der Waals surface area contributed by atoms with Crippen LogP contribution >= 0.6 is 0 Å². The molecule has 0 saturated heterocycles. The van der Waals surface area contributed by atoms with E-state index in [4.69, 9.17) is 10.5 Å². The van der Waals surface area contributed by atoms with Crippen LogP contribution in [0.5, 0.6) is 0 Å². The van der Waals surface area contributed by atoms with Crippen LogP contribution in [0.25, 0.3) is 11.4 Å². The highest BCUT2D eigenvalue weighted by Crippen LogP contribution is 2.36. The summed E-state index contributed by atoms with van der Waals surface area (Å²) in [4.78, 5) is 4.01. The summed E-state index contributed by atoms with van der Waals surface area (Å²) in [5.41, 5.74) is 6.98. The number of aromatic nitrogens is 3. The topological polar surface area (TPSA) is 66.0 Å². The number of nitrogens with zero attached hydrogens (tertiary/aromatic N) is 3. The lowest BCUT2D eigenvalue weighted by Crippen LogP contribution is -2.33. The summed E-state index contributed by atoms with van der Waals surface area (Å²) >= 11 is 0. The molecule has 2 aromatic rings. The summed E-state index contributed by atoms with van der Waals surface area (Å²) in [6, 6.07) is 3.18. The maximum Gasteiger partial charge on any atom is 0.151 e. The number of ether oxygens (including phenoxy) is 1. The van der Waals surface area contributed by atoms with Crippen molar-refractivity contribution < 1.29 is 9.13 Å². The van der Waals surface area contributed by atoms with Crippen LogP contribution in [0.4, 0.5) is 10.1 Å².